The summed E-state index contributed by atoms with van der Waals surface area (Å²) in [5.74, 6) is -2.42. The van der Waals surface area contributed by atoms with Gasteiger partial charge in [-0.25, -0.2) is 9.18 Å². The Balaban J connectivity index is 2.05. The molecule has 4 nitrogen and oxygen atoms in total. The van der Waals surface area contributed by atoms with Crippen molar-refractivity contribution in [1.29, 1.82) is 0 Å². The Hall–Kier alpha value is -1.82. The monoisotopic (exact) mass is 389 g/mol. The molecule has 0 saturated heterocycles. The van der Waals surface area contributed by atoms with Gasteiger partial charge in [-0.05, 0) is 43.3 Å². The van der Waals surface area contributed by atoms with Crippen molar-refractivity contribution in [3.05, 3.63) is 62.8 Å². The van der Waals surface area contributed by atoms with Gasteiger partial charge >= 0.3 is 5.97 Å². The molecule has 2 aromatic carbocycles. The van der Waals surface area contributed by atoms with E-state index in [0.717, 1.165) is 12.1 Å². The van der Waals surface area contributed by atoms with Crippen LogP contribution in [0.25, 0.3) is 0 Å². The van der Waals surface area contributed by atoms with Crippen molar-refractivity contribution < 1.29 is 18.7 Å². The van der Waals surface area contributed by atoms with Crippen molar-refractivity contribution in [3.63, 3.8) is 0 Å². The third kappa shape index (κ3) is 4.60. The van der Waals surface area contributed by atoms with Crippen LogP contribution < -0.4 is 5.32 Å². The van der Waals surface area contributed by atoms with Crippen LogP contribution in [0.1, 0.15) is 17.3 Å². The van der Waals surface area contributed by atoms with Crippen LogP contribution in [-0.4, -0.2) is 18.0 Å². The first-order valence-electron chi connectivity index (χ1n) is 6.70. The second kappa shape index (κ2) is 7.83. The number of rotatable bonds is 4. The predicted molar refractivity (Wildman–Crippen MR) is 91.4 cm³/mol. The average molecular weight is 391 g/mol. The predicted octanol–water partition coefficient (Wildman–Crippen LogP) is 4.97. The Labute approximate surface area is 152 Å². The summed E-state index contributed by atoms with van der Waals surface area (Å²) >= 11 is 17.4. The molecule has 0 spiro atoms. The van der Waals surface area contributed by atoms with Crippen molar-refractivity contribution in [2.45, 2.75) is 13.0 Å². The van der Waals surface area contributed by atoms with E-state index in [2.05, 4.69) is 5.32 Å². The lowest BCUT2D eigenvalue weighted by molar-refractivity contribution is -0.123. The highest BCUT2D eigenvalue weighted by Gasteiger charge is 2.22. The topological polar surface area (TPSA) is 55.4 Å². The van der Waals surface area contributed by atoms with Gasteiger partial charge in [0.15, 0.2) is 6.10 Å². The summed E-state index contributed by atoms with van der Waals surface area (Å²) in [6.45, 7) is 1.35. The molecule has 126 valence electrons. The first-order valence-corrected chi connectivity index (χ1v) is 7.83. The number of anilines is 1. The maximum atomic E-state index is 13.6. The molecule has 0 saturated carbocycles. The fourth-order valence-corrected chi connectivity index (χ4v) is 2.38. The molecule has 0 aliphatic carbocycles. The summed E-state index contributed by atoms with van der Waals surface area (Å²) in [5, 5.41) is 3.31. The molecule has 2 aromatic rings. The second-order valence-electron chi connectivity index (χ2n) is 4.79. The number of hydrogen-bond donors (Lipinski definition) is 1. The van der Waals surface area contributed by atoms with Crippen molar-refractivity contribution in [2.75, 3.05) is 5.32 Å². The van der Waals surface area contributed by atoms with Gasteiger partial charge in [0.1, 0.15) is 5.82 Å². The molecule has 0 bridgehead atoms. The lowest BCUT2D eigenvalue weighted by Gasteiger charge is -2.14. The van der Waals surface area contributed by atoms with Crippen molar-refractivity contribution in [3.8, 4) is 0 Å². The molecule has 2 rings (SSSR count). The molecule has 24 heavy (non-hydrogen) atoms. The van der Waals surface area contributed by atoms with E-state index in [4.69, 9.17) is 39.5 Å². The number of carbonyl (C=O) groups is 2. The standard InChI is InChI=1S/C16H11Cl3FNO3/c1-8(15(22)21-14-5-3-10(18)7-12(14)19)24-16(23)11-6-9(17)2-4-13(11)20/h2-8H,1H3,(H,21,22). The zero-order valence-electron chi connectivity index (χ0n) is 12.3. The fraction of sp³-hybridized carbons (Fsp3) is 0.125. The van der Waals surface area contributed by atoms with Crippen LogP contribution in [0.2, 0.25) is 15.1 Å². The van der Waals surface area contributed by atoms with Gasteiger partial charge in [-0.15, -0.1) is 0 Å². The Kier molecular flexibility index (Phi) is 6.04. The third-order valence-corrected chi connectivity index (χ3v) is 3.77. The zero-order chi connectivity index (χ0) is 17.9. The van der Waals surface area contributed by atoms with E-state index in [-0.39, 0.29) is 15.6 Å². The molecular weight excluding hydrogens is 380 g/mol. The molecule has 0 heterocycles. The van der Waals surface area contributed by atoms with Crippen LogP contribution >= 0.6 is 34.8 Å². The summed E-state index contributed by atoms with van der Waals surface area (Å²) < 4.78 is 18.6. The number of hydrogen-bond acceptors (Lipinski definition) is 3. The summed E-state index contributed by atoms with van der Waals surface area (Å²) in [5.41, 5.74) is -0.0467. The van der Waals surface area contributed by atoms with E-state index >= 15 is 0 Å². The minimum atomic E-state index is -1.18. The fourth-order valence-electron chi connectivity index (χ4n) is 1.76. The number of halogens is 4. The average Bonchev–Trinajstić information content (AvgIpc) is 2.52. The molecule has 1 atom stereocenters. The minimum absolute atomic E-state index is 0.174. The Morgan fingerprint density at radius 3 is 2.38 bits per heavy atom. The zero-order valence-corrected chi connectivity index (χ0v) is 14.5. The number of ether oxygens (including phenoxy) is 1. The first-order chi connectivity index (χ1) is 11.3. The number of benzene rings is 2. The maximum absolute atomic E-state index is 13.6. The van der Waals surface area contributed by atoms with Gasteiger partial charge in [-0.2, -0.15) is 0 Å². The quantitative estimate of drug-likeness (QED) is 0.750. The van der Waals surface area contributed by atoms with Gasteiger partial charge in [-0.1, -0.05) is 34.8 Å². The van der Waals surface area contributed by atoms with Crippen LogP contribution in [-0.2, 0) is 9.53 Å². The van der Waals surface area contributed by atoms with E-state index in [0.29, 0.717) is 10.7 Å². The lowest BCUT2D eigenvalue weighted by atomic mass is 10.2. The van der Waals surface area contributed by atoms with Gasteiger partial charge in [0, 0.05) is 10.0 Å². The minimum Gasteiger partial charge on any atom is -0.449 e. The Morgan fingerprint density at radius 1 is 1.08 bits per heavy atom. The van der Waals surface area contributed by atoms with E-state index in [1.807, 2.05) is 0 Å². The first kappa shape index (κ1) is 18.5. The van der Waals surface area contributed by atoms with E-state index in [1.165, 1.54) is 25.1 Å². The van der Waals surface area contributed by atoms with Gasteiger partial charge in [0.25, 0.3) is 5.91 Å². The van der Waals surface area contributed by atoms with Crippen molar-refractivity contribution in [2.24, 2.45) is 0 Å². The molecule has 0 radical (unpaired) electrons. The molecule has 1 N–H and O–H groups in total. The van der Waals surface area contributed by atoms with Crippen molar-refractivity contribution in [1.82, 2.24) is 0 Å². The van der Waals surface area contributed by atoms with E-state index in [1.54, 1.807) is 6.07 Å². The molecule has 1 amide bonds. The number of amides is 1. The van der Waals surface area contributed by atoms with E-state index < -0.39 is 23.8 Å². The number of nitrogens with one attached hydrogen (secondary N) is 1. The third-order valence-electron chi connectivity index (χ3n) is 2.99. The largest absolute Gasteiger partial charge is 0.449 e. The summed E-state index contributed by atoms with van der Waals surface area (Å²) in [4.78, 5) is 24.0. The maximum Gasteiger partial charge on any atom is 0.341 e. The van der Waals surface area contributed by atoms with Crippen LogP contribution in [0.4, 0.5) is 10.1 Å². The van der Waals surface area contributed by atoms with Crippen LogP contribution in [0.5, 0.6) is 0 Å². The SMILES string of the molecule is CC(OC(=O)c1cc(Cl)ccc1F)C(=O)Nc1ccc(Cl)cc1Cl. The molecular formula is C16H11Cl3FNO3. The lowest BCUT2D eigenvalue weighted by Crippen LogP contribution is -2.30. The number of carbonyl (C=O) groups excluding carboxylic acids is 2. The van der Waals surface area contributed by atoms with Gasteiger partial charge < -0.3 is 10.1 Å². The molecule has 8 heteroatoms. The summed E-state index contributed by atoms with van der Waals surface area (Å²) in [7, 11) is 0. The van der Waals surface area contributed by atoms with Crippen LogP contribution in [0, 0.1) is 5.82 Å². The Bertz CT molecular complexity index is 798. The normalized spacial score (nSPS) is 11.7. The molecule has 0 aliphatic heterocycles. The molecule has 1 unspecified atom stereocenters. The van der Waals surface area contributed by atoms with Gasteiger partial charge in [0.2, 0.25) is 0 Å². The Morgan fingerprint density at radius 2 is 1.71 bits per heavy atom. The molecule has 0 fully saturated rings. The smallest absolute Gasteiger partial charge is 0.341 e. The second-order valence-corrected chi connectivity index (χ2v) is 6.07. The highest BCUT2D eigenvalue weighted by atomic mass is 35.5. The van der Waals surface area contributed by atoms with Gasteiger partial charge in [0.05, 0.1) is 16.3 Å². The summed E-state index contributed by atoms with van der Waals surface area (Å²) in [6, 6.07) is 7.97. The van der Waals surface area contributed by atoms with Gasteiger partial charge in [-0.3, -0.25) is 4.79 Å². The molecule has 0 aromatic heterocycles. The van der Waals surface area contributed by atoms with Crippen LogP contribution in [0.15, 0.2) is 36.4 Å². The highest BCUT2D eigenvalue weighted by molar-refractivity contribution is 6.36. The number of esters is 1. The van der Waals surface area contributed by atoms with Crippen LogP contribution in [0.3, 0.4) is 0 Å². The van der Waals surface area contributed by atoms with Crippen molar-refractivity contribution >= 4 is 52.4 Å². The van der Waals surface area contributed by atoms with E-state index in [9.17, 15) is 14.0 Å². The molecule has 0 aliphatic rings. The highest BCUT2D eigenvalue weighted by Crippen LogP contribution is 2.25. The summed E-state index contributed by atoms with van der Waals surface area (Å²) in [6.07, 6.45) is -1.18.